The number of thiocarbonyl (C=S) groups is 1. The average molecular weight is 254 g/mol. The lowest BCUT2D eigenvalue weighted by molar-refractivity contribution is -0.121. The Kier molecular flexibility index (Phi) is 3.35. The second-order valence-corrected chi connectivity index (χ2v) is 5.62. The van der Waals surface area contributed by atoms with Crippen molar-refractivity contribution >= 4 is 34.2 Å². The van der Waals surface area contributed by atoms with E-state index in [0.717, 1.165) is 17.9 Å². The number of carbonyl (C=O) groups excluding carboxylic acids is 1. The molecule has 0 saturated carbocycles. The summed E-state index contributed by atoms with van der Waals surface area (Å²) < 4.78 is 0.634. The molecule has 2 fully saturated rings. The zero-order chi connectivity index (χ0) is 11.7. The number of allylic oxidation sites excluding steroid dienone is 3. The van der Waals surface area contributed by atoms with Gasteiger partial charge in [-0.05, 0) is 25.0 Å². The minimum Gasteiger partial charge on any atom is -0.378 e. The van der Waals surface area contributed by atoms with Crippen molar-refractivity contribution in [1.29, 1.82) is 0 Å². The smallest absolute Gasteiger partial charge is 0.265 e. The molecule has 0 atom stereocenters. The maximum Gasteiger partial charge on any atom is 0.265 e. The van der Waals surface area contributed by atoms with Crippen molar-refractivity contribution in [3.63, 3.8) is 0 Å². The van der Waals surface area contributed by atoms with Gasteiger partial charge in [0.05, 0.1) is 4.91 Å². The van der Waals surface area contributed by atoms with E-state index >= 15 is 0 Å². The van der Waals surface area contributed by atoms with E-state index in [1.165, 1.54) is 28.8 Å². The molecule has 2 rings (SSSR count). The first kappa shape index (κ1) is 11.7. The Bertz CT molecular complexity index is 401. The van der Waals surface area contributed by atoms with Crippen molar-refractivity contribution in [2.24, 2.45) is 0 Å². The number of thioether (sulfide) groups is 1. The van der Waals surface area contributed by atoms with Gasteiger partial charge in [0.2, 0.25) is 0 Å². The summed E-state index contributed by atoms with van der Waals surface area (Å²) >= 11 is 6.44. The number of likely N-dealkylation sites (tertiary alicyclic amines) is 1. The zero-order valence-corrected chi connectivity index (χ0v) is 11.0. The molecule has 0 aliphatic carbocycles. The van der Waals surface area contributed by atoms with E-state index in [0.29, 0.717) is 4.32 Å². The summed E-state index contributed by atoms with van der Waals surface area (Å²) in [4.78, 5) is 16.2. The van der Waals surface area contributed by atoms with Gasteiger partial charge in [0, 0.05) is 26.3 Å². The van der Waals surface area contributed by atoms with E-state index in [1.807, 2.05) is 12.2 Å². The third-order valence-corrected chi connectivity index (χ3v) is 4.33. The molecule has 0 bridgehead atoms. The maximum absolute atomic E-state index is 11.7. The topological polar surface area (TPSA) is 23.6 Å². The van der Waals surface area contributed by atoms with Gasteiger partial charge in [-0.1, -0.05) is 24.0 Å². The predicted molar refractivity (Wildman–Crippen MR) is 71.0 cm³/mol. The van der Waals surface area contributed by atoms with E-state index in [1.54, 1.807) is 7.05 Å². The predicted octanol–water partition coefficient (Wildman–Crippen LogP) is 1.97. The summed E-state index contributed by atoms with van der Waals surface area (Å²) in [5.74, 6) is 0.00694. The Morgan fingerprint density at radius 2 is 2.12 bits per heavy atom. The molecule has 5 heteroatoms. The van der Waals surface area contributed by atoms with E-state index in [-0.39, 0.29) is 5.91 Å². The number of amides is 1. The fourth-order valence-electron chi connectivity index (χ4n) is 1.77. The SMILES string of the molecule is CN1C(=O)/C(=C\C=C2/CCCN2C)SC1=S. The molecule has 0 aromatic rings. The van der Waals surface area contributed by atoms with Crippen molar-refractivity contribution in [2.45, 2.75) is 12.8 Å². The van der Waals surface area contributed by atoms with Crippen molar-refractivity contribution < 1.29 is 4.79 Å². The van der Waals surface area contributed by atoms with E-state index in [4.69, 9.17) is 12.2 Å². The average Bonchev–Trinajstić information content (AvgIpc) is 2.76. The third-order valence-electron chi connectivity index (χ3n) is 2.83. The Balaban J connectivity index is 2.14. The van der Waals surface area contributed by atoms with Crippen LogP contribution in [0.3, 0.4) is 0 Å². The summed E-state index contributed by atoms with van der Waals surface area (Å²) in [5, 5.41) is 0. The van der Waals surface area contributed by atoms with Crippen LogP contribution < -0.4 is 0 Å². The zero-order valence-electron chi connectivity index (χ0n) is 9.40. The largest absolute Gasteiger partial charge is 0.378 e. The van der Waals surface area contributed by atoms with E-state index < -0.39 is 0 Å². The van der Waals surface area contributed by atoms with Gasteiger partial charge >= 0.3 is 0 Å². The van der Waals surface area contributed by atoms with Crippen LogP contribution in [0.2, 0.25) is 0 Å². The highest BCUT2D eigenvalue weighted by molar-refractivity contribution is 8.26. The Labute approximate surface area is 105 Å². The molecule has 2 saturated heterocycles. The summed E-state index contributed by atoms with van der Waals surface area (Å²) in [6, 6.07) is 0. The molecule has 0 aromatic heterocycles. The number of hydrogen-bond donors (Lipinski definition) is 0. The molecule has 2 heterocycles. The van der Waals surface area contributed by atoms with Gasteiger partial charge < -0.3 is 4.90 Å². The van der Waals surface area contributed by atoms with Crippen LogP contribution in [0.1, 0.15) is 12.8 Å². The summed E-state index contributed by atoms with van der Waals surface area (Å²) in [6.45, 7) is 1.11. The third kappa shape index (κ3) is 2.15. The summed E-state index contributed by atoms with van der Waals surface area (Å²) in [7, 11) is 3.80. The number of hydrogen-bond acceptors (Lipinski definition) is 4. The van der Waals surface area contributed by atoms with Crippen molar-refractivity contribution in [3.8, 4) is 0 Å². The van der Waals surface area contributed by atoms with Crippen LogP contribution in [0.15, 0.2) is 22.8 Å². The molecule has 2 aliphatic rings. The van der Waals surface area contributed by atoms with Crippen molar-refractivity contribution in [3.05, 3.63) is 22.8 Å². The van der Waals surface area contributed by atoms with Gasteiger partial charge in [-0.25, -0.2) is 0 Å². The van der Waals surface area contributed by atoms with Crippen LogP contribution in [0.4, 0.5) is 0 Å². The van der Waals surface area contributed by atoms with Gasteiger partial charge in [0.1, 0.15) is 4.32 Å². The maximum atomic E-state index is 11.7. The van der Waals surface area contributed by atoms with Crippen molar-refractivity contribution in [1.82, 2.24) is 9.80 Å². The highest BCUT2D eigenvalue weighted by Crippen LogP contribution is 2.30. The minimum atomic E-state index is 0.00694. The number of carbonyl (C=O) groups is 1. The number of likely N-dealkylation sites (N-methyl/N-ethyl adjacent to an activating group) is 1. The number of nitrogens with zero attached hydrogens (tertiary/aromatic N) is 2. The van der Waals surface area contributed by atoms with E-state index in [9.17, 15) is 4.79 Å². The Hall–Kier alpha value is -0.810. The van der Waals surface area contributed by atoms with Crippen LogP contribution in [-0.2, 0) is 4.79 Å². The monoisotopic (exact) mass is 254 g/mol. The lowest BCUT2D eigenvalue weighted by atomic mass is 10.3. The Morgan fingerprint density at radius 1 is 1.38 bits per heavy atom. The quantitative estimate of drug-likeness (QED) is 0.527. The minimum absolute atomic E-state index is 0.00694. The first-order valence-electron chi connectivity index (χ1n) is 5.21. The molecule has 16 heavy (non-hydrogen) atoms. The molecule has 1 amide bonds. The Morgan fingerprint density at radius 3 is 2.62 bits per heavy atom. The molecule has 0 N–H and O–H groups in total. The highest BCUT2D eigenvalue weighted by atomic mass is 32.2. The fraction of sp³-hybridized carbons (Fsp3) is 0.455. The van der Waals surface area contributed by atoms with Crippen LogP contribution in [0, 0.1) is 0 Å². The highest BCUT2D eigenvalue weighted by Gasteiger charge is 2.28. The molecular formula is C11H14N2OS2. The lowest BCUT2D eigenvalue weighted by Crippen LogP contribution is -2.22. The lowest BCUT2D eigenvalue weighted by Gasteiger charge is -2.11. The molecule has 2 aliphatic heterocycles. The summed E-state index contributed by atoms with van der Waals surface area (Å²) in [5.41, 5.74) is 1.29. The van der Waals surface area contributed by atoms with Crippen LogP contribution in [-0.4, -0.2) is 40.7 Å². The standard InChI is InChI=1S/C11H14N2OS2/c1-12-7-3-4-8(12)5-6-9-10(14)13(2)11(15)16-9/h5-6H,3-4,7H2,1-2H3/b8-5+,9-6+. The normalized spacial score (nSPS) is 26.6. The first-order valence-corrected chi connectivity index (χ1v) is 6.44. The van der Waals surface area contributed by atoms with E-state index in [2.05, 4.69) is 11.9 Å². The van der Waals surface area contributed by atoms with Crippen LogP contribution >= 0.6 is 24.0 Å². The molecular weight excluding hydrogens is 240 g/mol. The van der Waals surface area contributed by atoms with Gasteiger partial charge in [-0.15, -0.1) is 0 Å². The molecule has 3 nitrogen and oxygen atoms in total. The van der Waals surface area contributed by atoms with Crippen LogP contribution in [0.25, 0.3) is 0 Å². The van der Waals surface area contributed by atoms with Gasteiger partial charge in [-0.3, -0.25) is 9.69 Å². The molecule has 0 radical (unpaired) electrons. The van der Waals surface area contributed by atoms with Crippen LogP contribution in [0.5, 0.6) is 0 Å². The van der Waals surface area contributed by atoms with Crippen molar-refractivity contribution in [2.75, 3.05) is 20.6 Å². The first-order chi connectivity index (χ1) is 7.59. The second-order valence-electron chi connectivity index (χ2n) is 3.95. The van der Waals surface area contributed by atoms with Gasteiger partial charge in [0.25, 0.3) is 5.91 Å². The molecule has 0 aromatic carbocycles. The van der Waals surface area contributed by atoms with Gasteiger partial charge in [0.15, 0.2) is 0 Å². The van der Waals surface area contributed by atoms with Gasteiger partial charge in [-0.2, -0.15) is 0 Å². The molecule has 0 unspecified atom stereocenters. The fourth-order valence-corrected chi connectivity index (χ4v) is 2.89. The second kappa shape index (κ2) is 4.59. The summed E-state index contributed by atoms with van der Waals surface area (Å²) in [6.07, 6.45) is 6.22. The number of rotatable bonds is 1. The molecule has 86 valence electrons. The molecule has 0 spiro atoms.